The summed E-state index contributed by atoms with van der Waals surface area (Å²) in [6.07, 6.45) is 3.14. The summed E-state index contributed by atoms with van der Waals surface area (Å²) in [5.41, 5.74) is 9.64. The van der Waals surface area contributed by atoms with Crippen LogP contribution in [0.25, 0.3) is 79.7 Å². The van der Waals surface area contributed by atoms with Crippen LogP contribution in [0.2, 0.25) is 0 Å². The van der Waals surface area contributed by atoms with Gasteiger partial charge in [0.1, 0.15) is 23.3 Å². The molecule has 8 aromatic heterocycles. The first-order chi connectivity index (χ1) is 68.5. The van der Waals surface area contributed by atoms with E-state index >= 15 is 0 Å². The number of para-hydroxylation sites is 2. The monoisotopic (exact) mass is 1970 g/mol. The highest BCUT2D eigenvalue weighted by atomic mass is 79.9. The Labute approximate surface area is 824 Å². The molecule has 0 fully saturated rings. The number of rotatable bonds is 26. The molecule has 45 heteroatoms. The highest BCUT2D eigenvalue weighted by Gasteiger charge is 2.22. The number of ether oxygens (including phenoxy) is 5. The summed E-state index contributed by atoms with van der Waals surface area (Å²) in [7, 11) is 13.9. The van der Waals surface area contributed by atoms with Crippen molar-refractivity contribution in [3.05, 3.63) is 262 Å². The van der Waals surface area contributed by atoms with Gasteiger partial charge in [0, 0.05) is 106 Å². The summed E-state index contributed by atoms with van der Waals surface area (Å²) in [5, 5.41) is 124. The molecule has 3 amide bonds. The Bertz CT molecular complexity index is 6870. The molecule has 0 radical (unpaired) electrons. The predicted octanol–water partition coefficient (Wildman–Crippen LogP) is 13.7. The zero-order valence-electron chi connectivity index (χ0n) is 80.3. The van der Waals surface area contributed by atoms with Crippen molar-refractivity contribution in [2.45, 2.75) is 55.4 Å². The van der Waals surface area contributed by atoms with Gasteiger partial charge >= 0.3 is 0 Å². The maximum Gasteiger partial charge on any atom is 0.257 e. The van der Waals surface area contributed by atoms with E-state index in [1.165, 1.54) is 20.2 Å². The third-order valence-corrected chi connectivity index (χ3v) is 20.3. The Morgan fingerprint density at radius 2 is 0.599 bits per heavy atom. The second-order valence-corrected chi connectivity index (χ2v) is 33.4. The molecule has 3 N–H and O–H groups in total. The van der Waals surface area contributed by atoms with E-state index in [-0.39, 0.29) is 40.0 Å². The Morgan fingerprint density at radius 1 is 0.317 bits per heavy atom. The van der Waals surface area contributed by atoms with Gasteiger partial charge in [0.05, 0.1) is 107 Å². The molecule has 44 nitrogen and oxygen atoms in total. The van der Waals surface area contributed by atoms with E-state index in [1.54, 1.807) is 170 Å². The molecule has 0 saturated carbocycles. The Morgan fingerprint density at radius 3 is 0.915 bits per heavy atom. The molecule has 0 unspecified atom stereocenters. The normalized spacial score (nSPS) is 10.4. The number of hydrogen-bond donors (Lipinski definition) is 3. The van der Waals surface area contributed by atoms with Gasteiger partial charge in [-0.25, -0.2) is 32.8 Å². The predicted molar refractivity (Wildman–Crippen MR) is 525 cm³/mol. The topological polar surface area (TPSA) is 547 Å². The fraction of sp³-hybridized carbons (Fsp3) is 0.247. The average molecular weight is 1980 g/mol. The number of aryl methyl sites for hydroxylation is 7. The summed E-state index contributed by atoms with van der Waals surface area (Å²) in [6, 6.07) is 69.2. The van der Waals surface area contributed by atoms with Gasteiger partial charge in [-0.15, -0.1) is 35.7 Å². The quantitative estimate of drug-likeness (QED) is 0.0453. The maximum absolute atomic E-state index is 12.4. The van der Waals surface area contributed by atoms with E-state index in [0.29, 0.717) is 135 Å². The van der Waals surface area contributed by atoms with Gasteiger partial charge in [-0.3, -0.25) is 19.4 Å². The van der Waals surface area contributed by atoms with Crippen LogP contribution in [0, 0.1) is 69.0 Å². The highest BCUT2D eigenvalue weighted by Crippen LogP contribution is 2.35. The van der Waals surface area contributed by atoms with Crippen molar-refractivity contribution < 1.29 is 38.1 Å². The number of tetrazole rings is 7. The lowest BCUT2D eigenvalue weighted by molar-refractivity contribution is 0.101. The number of nitrogens with one attached hydrogen (secondary N) is 3. The molecule has 9 aromatic carbocycles. The fourth-order valence-electron chi connectivity index (χ4n) is 12.6. The molecule has 0 bridgehead atoms. The largest absolute Gasteiger partial charge is 0.493 e. The van der Waals surface area contributed by atoms with E-state index < -0.39 is 0 Å². The van der Waals surface area contributed by atoms with Crippen LogP contribution in [0.15, 0.2) is 223 Å². The zero-order chi connectivity index (χ0) is 102. The summed E-state index contributed by atoms with van der Waals surface area (Å²) in [5.74, 6) is 8.91. The van der Waals surface area contributed by atoms with Crippen LogP contribution < -0.4 is 39.6 Å². The maximum atomic E-state index is 12.4. The molecule has 0 aliphatic heterocycles. The standard InChI is InChI=1S/2C16H12N6O.C15H11N7O.C13H15N5O.C13H18N4O2.C12H15BrN4O.C12H16N4O/c2*1-22-15(19-20-21-22)11-7-8-14(12(9-11)10-17)16(23)18-13-5-3-2-4-6-13;1-22-14(19-20-21-22)10-4-5-13(11(7-10)8-16)15(23)18-12-3-2-6-17-9-12;1-9(2)8-19-12-5-4-10(6-11(12)7-14)13-15-16-17-18(13)3;1-9(2)8-19-11-6-5-10(7-12(11)18-4)13-14-15-16-17(13)3;1-8(2)7-18-11-5-4-9(6-10(11)13)12-14-15-16-17(12)3;1-9(2)8-17-11-6-4-10(5-7-11)12-13-14-15-16(12)3/h2*2-9H,1H3,(H,18,23);2-7,9H,1H3,(H,18,23);4-6,9H,8H2,1-3H3;5-7,9H,8H2,1-4H3;4-6,8H,7H2,1-3H3;4-7,9H,8H2,1-3H3. The molecular formula is C97H99BrN36O8. The highest BCUT2D eigenvalue weighted by molar-refractivity contribution is 9.10. The van der Waals surface area contributed by atoms with Crippen LogP contribution in [0.1, 0.15) is 109 Å². The van der Waals surface area contributed by atoms with E-state index in [1.807, 2.05) is 135 Å². The number of anilines is 3. The Balaban J connectivity index is 0.000000159. The molecule has 0 saturated heterocycles. The van der Waals surface area contributed by atoms with Gasteiger partial charge in [-0.2, -0.15) is 21.0 Å². The van der Waals surface area contributed by atoms with Crippen LogP contribution in [0.3, 0.4) is 0 Å². The van der Waals surface area contributed by atoms with Crippen molar-refractivity contribution in [2.24, 2.45) is 73.0 Å². The lowest BCUT2D eigenvalue weighted by atomic mass is 10.0. The van der Waals surface area contributed by atoms with Crippen LogP contribution in [0.4, 0.5) is 17.1 Å². The lowest BCUT2D eigenvalue weighted by Gasteiger charge is -2.13. The molecule has 142 heavy (non-hydrogen) atoms. The first-order valence-electron chi connectivity index (χ1n) is 43.8. The first kappa shape index (κ1) is 104. The van der Waals surface area contributed by atoms with E-state index in [0.717, 1.165) is 62.2 Å². The van der Waals surface area contributed by atoms with E-state index in [9.17, 15) is 35.4 Å². The van der Waals surface area contributed by atoms with Gasteiger partial charge in [-0.1, -0.05) is 110 Å². The van der Waals surface area contributed by atoms with Crippen LogP contribution in [0.5, 0.6) is 28.7 Å². The third-order valence-electron chi connectivity index (χ3n) is 19.6. The van der Waals surface area contributed by atoms with Crippen LogP contribution in [-0.2, 0) is 49.3 Å². The number of methoxy groups -OCH3 is 1. The van der Waals surface area contributed by atoms with E-state index in [4.69, 9.17) is 23.7 Å². The molecule has 17 aromatic rings. The van der Waals surface area contributed by atoms with E-state index in [2.05, 4.69) is 207 Å². The number of carbonyl (C=O) groups is 3. The molecule has 0 atom stereocenters. The minimum absolute atomic E-state index is 0.242. The van der Waals surface area contributed by atoms with Crippen molar-refractivity contribution >= 4 is 50.7 Å². The smallest absolute Gasteiger partial charge is 0.257 e. The van der Waals surface area contributed by atoms with Crippen molar-refractivity contribution in [2.75, 3.05) is 49.5 Å². The number of hydrogen-bond acceptors (Lipinski definition) is 34. The van der Waals surface area contributed by atoms with Crippen molar-refractivity contribution in [3.8, 4) is 133 Å². The number of pyridine rings is 1. The lowest BCUT2D eigenvalue weighted by Crippen LogP contribution is -2.13. The number of nitrogens with zero attached hydrogens (tertiary/aromatic N) is 33. The molecule has 17 rings (SSSR count). The summed E-state index contributed by atoms with van der Waals surface area (Å²) in [4.78, 5) is 41.0. The Kier molecular flexibility index (Phi) is 37.6. The van der Waals surface area contributed by atoms with Gasteiger partial charge < -0.3 is 39.6 Å². The van der Waals surface area contributed by atoms with Gasteiger partial charge in [-0.05, 0) is 264 Å². The van der Waals surface area contributed by atoms with Gasteiger partial charge in [0.25, 0.3) is 17.7 Å². The number of aromatic nitrogens is 29. The van der Waals surface area contributed by atoms with Gasteiger partial charge in [0.15, 0.2) is 52.3 Å². The number of halogens is 1. The Hall–Kier alpha value is -18.5. The number of carbonyl (C=O) groups excluding carboxylic acids is 3. The summed E-state index contributed by atoms with van der Waals surface area (Å²) >= 11 is 3.50. The number of benzene rings is 9. The molecule has 0 aliphatic rings. The minimum atomic E-state index is -0.378. The molecule has 8 heterocycles. The summed E-state index contributed by atoms with van der Waals surface area (Å²) < 4.78 is 39.8. The second kappa shape index (κ2) is 51.4. The van der Waals surface area contributed by atoms with Crippen LogP contribution >= 0.6 is 15.9 Å². The zero-order valence-corrected chi connectivity index (χ0v) is 81.9. The van der Waals surface area contributed by atoms with Crippen molar-refractivity contribution in [3.63, 3.8) is 0 Å². The molecular weight excluding hydrogens is 1880 g/mol. The number of nitriles is 4. The molecule has 0 aliphatic carbocycles. The minimum Gasteiger partial charge on any atom is -0.493 e. The molecule has 722 valence electrons. The second-order valence-electron chi connectivity index (χ2n) is 32.5. The van der Waals surface area contributed by atoms with Crippen molar-refractivity contribution in [1.82, 2.24) is 146 Å². The van der Waals surface area contributed by atoms with Gasteiger partial charge in [0.2, 0.25) is 0 Å². The van der Waals surface area contributed by atoms with Crippen LogP contribution in [-0.4, -0.2) is 198 Å². The first-order valence-corrected chi connectivity index (χ1v) is 44.6. The summed E-state index contributed by atoms with van der Waals surface area (Å²) in [6.45, 7) is 19.5. The fourth-order valence-corrected chi connectivity index (χ4v) is 13.1. The third kappa shape index (κ3) is 29.3. The SMILES string of the molecule is CC(C)COc1ccc(-c2nnnn2C)cc1.CC(C)COc1ccc(-c2nnnn2C)cc1Br.CC(C)COc1ccc(-c2nnnn2C)cc1C#N.COc1cc(-c2nnnn2C)ccc1OCC(C)C.Cn1nnnc1-c1ccc(C(=O)Nc2ccccc2)c(C#N)c1.Cn1nnnc1-c1ccc(C(=O)Nc2ccccc2)c(C#N)c1.Cn1nnnc1-c1ccc(C(=O)Nc2cccnc2)c(C#N)c1. The van der Waals surface area contributed by atoms with Crippen molar-refractivity contribution in [1.29, 1.82) is 21.0 Å². The number of amides is 3. The molecule has 0 spiro atoms. The average Bonchev–Trinajstić information content (AvgIpc) is 1.27.